The van der Waals surface area contributed by atoms with Crippen molar-refractivity contribution in [1.82, 2.24) is 0 Å². The molecule has 112 valence electrons. The molecule has 2 rings (SSSR count). The maximum atomic E-state index is 13.4. The lowest BCUT2D eigenvalue weighted by Gasteiger charge is -2.03. The highest BCUT2D eigenvalue weighted by molar-refractivity contribution is 6.02. The summed E-state index contributed by atoms with van der Waals surface area (Å²) in [7, 11) is 1.30. The van der Waals surface area contributed by atoms with Crippen molar-refractivity contribution < 1.29 is 18.7 Å². The van der Waals surface area contributed by atoms with E-state index in [1.807, 2.05) is 0 Å². The minimum absolute atomic E-state index is 0.332. The zero-order valence-electron chi connectivity index (χ0n) is 11.9. The smallest absolute Gasteiger partial charge is 0.337 e. The fourth-order valence-electron chi connectivity index (χ4n) is 1.77. The molecule has 0 saturated carbocycles. The molecular formula is C17H14FNO3. The normalized spacial score (nSPS) is 10.5. The second kappa shape index (κ2) is 7.17. The van der Waals surface area contributed by atoms with Gasteiger partial charge in [0.05, 0.1) is 12.7 Å². The van der Waals surface area contributed by atoms with Gasteiger partial charge in [0, 0.05) is 17.3 Å². The monoisotopic (exact) mass is 299 g/mol. The molecule has 0 unspecified atom stereocenters. The SMILES string of the molecule is COC(=O)c1ccc(NC(=O)/C=C/c2ccccc2F)cc1. The molecular weight excluding hydrogens is 285 g/mol. The van der Waals surface area contributed by atoms with E-state index in [4.69, 9.17) is 0 Å². The first kappa shape index (κ1) is 15.4. The average Bonchev–Trinajstić information content (AvgIpc) is 2.54. The van der Waals surface area contributed by atoms with Crippen molar-refractivity contribution in [3.05, 3.63) is 71.6 Å². The van der Waals surface area contributed by atoms with Crippen LogP contribution in [0.1, 0.15) is 15.9 Å². The Morgan fingerprint density at radius 3 is 2.41 bits per heavy atom. The fourth-order valence-corrected chi connectivity index (χ4v) is 1.77. The molecule has 22 heavy (non-hydrogen) atoms. The van der Waals surface area contributed by atoms with Crippen LogP contribution in [0.2, 0.25) is 0 Å². The van der Waals surface area contributed by atoms with E-state index in [1.54, 1.807) is 42.5 Å². The van der Waals surface area contributed by atoms with E-state index in [0.717, 1.165) is 0 Å². The van der Waals surface area contributed by atoms with Crippen LogP contribution >= 0.6 is 0 Å². The summed E-state index contributed by atoms with van der Waals surface area (Å²) in [6.07, 6.45) is 2.64. The molecule has 0 saturated heterocycles. The minimum atomic E-state index is -0.447. The molecule has 5 heteroatoms. The number of rotatable bonds is 4. The topological polar surface area (TPSA) is 55.4 Å². The average molecular weight is 299 g/mol. The van der Waals surface area contributed by atoms with Crippen molar-refractivity contribution in [2.75, 3.05) is 12.4 Å². The number of halogens is 1. The maximum absolute atomic E-state index is 13.4. The van der Waals surface area contributed by atoms with Crippen LogP contribution in [-0.4, -0.2) is 19.0 Å². The van der Waals surface area contributed by atoms with E-state index in [2.05, 4.69) is 10.1 Å². The predicted octanol–water partition coefficient (Wildman–Crippen LogP) is 3.26. The predicted molar refractivity (Wildman–Crippen MR) is 81.8 cm³/mol. The Kier molecular flexibility index (Phi) is 5.03. The number of nitrogens with one attached hydrogen (secondary N) is 1. The Morgan fingerprint density at radius 2 is 1.77 bits per heavy atom. The molecule has 1 amide bonds. The molecule has 4 nitrogen and oxygen atoms in total. The first-order chi connectivity index (χ1) is 10.6. The number of benzene rings is 2. The Bertz CT molecular complexity index is 708. The standard InChI is InChI=1S/C17H14FNO3/c1-22-17(21)13-6-9-14(10-7-13)19-16(20)11-8-12-4-2-3-5-15(12)18/h2-11H,1H3,(H,19,20)/b11-8+. The van der Waals surface area contributed by atoms with Gasteiger partial charge in [0.15, 0.2) is 0 Å². The second-order valence-corrected chi connectivity index (χ2v) is 4.41. The van der Waals surface area contributed by atoms with Gasteiger partial charge in [-0.2, -0.15) is 0 Å². The summed E-state index contributed by atoms with van der Waals surface area (Å²) < 4.78 is 18.0. The Labute approximate surface area is 127 Å². The minimum Gasteiger partial charge on any atom is -0.465 e. The van der Waals surface area contributed by atoms with Crippen LogP contribution in [0.5, 0.6) is 0 Å². The number of ether oxygens (including phenoxy) is 1. The Hall–Kier alpha value is -2.95. The molecule has 0 aliphatic carbocycles. The molecule has 0 aliphatic heterocycles. The highest BCUT2D eigenvalue weighted by Crippen LogP contribution is 2.11. The van der Waals surface area contributed by atoms with Crippen LogP contribution in [0.15, 0.2) is 54.6 Å². The highest BCUT2D eigenvalue weighted by atomic mass is 19.1. The van der Waals surface area contributed by atoms with Gasteiger partial charge in [0.25, 0.3) is 0 Å². The first-order valence-corrected chi connectivity index (χ1v) is 6.52. The van der Waals surface area contributed by atoms with Crippen LogP contribution in [0.3, 0.4) is 0 Å². The molecule has 0 heterocycles. The summed E-state index contributed by atoms with van der Waals surface area (Å²) >= 11 is 0. The summed E-state index contributed by atoms with van der Waals surface area (Å²) in [5.74, 6) is -1.24. The third-order valence-corrected chi connectivity index (χ3v) is 2.89. The van der Waals surface area contributed by atoms with Gasteiger partial charge in [0.1, 0.15) is 5.82 Å². The van der Waals surface area contributed by atoms with Crippen molar-refractivity contribution in [3.8, 4) is 0 Å². The number of amides is 1. The Morgan fingerprint density at radius 1 is 1.09 bits per heavy atom. The maximum Gasteiger partial charge on any atom is 0.337 e. The van der Waals surface area contributed by atoms with E-state index in [1.165, 1.54) is 25.3 Å². The molecule has 0 radical (unpaired) electrons. The van der Waals surface area contributed by atoms with Crippen LogP contribution in [0.25, 0.3) is 6.08 Å². The molecule has 2 aromatic carbocycles. The van der Waals surface area contributed by atoms with Crippen LogP contribution in [0, 0.1) is 5.82 Å². The molecule has 0 bridgehead atoms. The third kappa shape index (κ3) is 4.02. The summed E-state index contributed by atoms with van der Waals surface area (Å²) in [5, 5.41) is 2.62. The second-order valence-electron chi connectivity index (χ2n) is 4.41. The highest BCUT2D eigenvalue weighted by Gasteiger charge is 2.05. The molecule has 1 N–H and O–H groups in total. The van der Waals surface area contributed by atoms with Gasteiger partial charge in [-0.1, -0.05) is 18.2 Å². The van der Waals surface area contributed by atoms with Crippen LogP contribution < -0.4 is 5.32 Å². The summed E-state index contributed by atoms with van der Waals surface area (Å²) in [4.78, 5) is 23.0. The lowest BCUT2D eigenvalue weighted by molar-refractivity contribution is -0.111. The zero-order valence-corrected chi connectivity index (χ0v) is 11.9. The first-order valence-electron chi connectivity index (χ1n) is 6.52. The molecule has 0 spiro atoms. The largest absolute Gasteiger partial charge is 0.465 e. The number of carbonyl (C=O) groups is 2. The van der Waals surface area contributed by atoms with E-state index >= 15 is 0 Å². The van der Waals surface area contributed by atoms with Gasteiger partial charge in [-0.25, -0.2) is 9.18 Å². The summed E-state index contributed by atoms with van der Waals surface area (Å²) in [6, 6.07) is 12.4. The molecule has 0 fully saturated rings. The molecule has 0 atom stereocenters. The van der Waals surface area contributed by atoms with Crippen molar-refractivity contribution in [1.29, 1.82) is 0 Å². The third-order valence-electron chi connectivity index (χ3n) is 2.89. The van der Waals surface area contributed by atoms with E-state index < -0.39 is 17.7 Å². The van der Waals surface area contributed by atoms with Crippen molar-refractivity contribution >= 4 is 23.6 Å². The lowest BCUT2D eigenvalue weighted by atomic mass is 10.2. The van der Waals surface area contributed by atoms with Crippen molar-refractivity contribution in [3.63, 3.8) is 0 Å². The van der Waals surface area contributed by atoms with E-state index in [9.17, 15) is 14.0 Å². The van der Waals surface area contributed by atoms with E-state index in [0.29, 0.717) is 16.8 Å². The Balaban J connectivity index is 2.00. The molecule has 0 aromatic heterocycles. The zero-order chi connectivity index (χ0) is 15.9. The number of hydrogen-bond acceptors (Lipinski definition) is 3. The summed E-state index contributed by atoms with van der Waals surface area (Å²) in [5.41, 5.74) is 1.25. The van der Waals surface area contributed by atoms with Gasteiger partial charge >= 0.3 is 5.97 Å². The lowest BCUT2D eigenvalue weighted by Crippen LogP contribution is -2.08. The van der Waals surface area contributed by atoms with Gasteiger partial charge in [-0.3, -0.25) is 4.79 Å². The molecule has 0 aliphatic rings. The van der Waals surface area contributed by atoms with Gasteiger partial charge in [-0.15, -0.1) is 0 Å². The number of hydrogen-bond donors (Lipinski definition) is 1. The van der Waals surface area contributed by atoms with E-state index in [-0.39, 0.29) is 0 Å². The van der Waals surface area contributed by atoms with Gasteiger partial charge < -0.3 is 10.1 Å². The number of methoxy groups -OCH3 is 1. The molecule has 2 aromatic rings. The van der Waals surface area contributed by atoms with Crippen LogP contribution in [-0.2, 0) is 9.53 Å². The summed E-state index contributed by atoms with van der Waals surface area (Å²) in [6.45, 7) is 0. The number of esters is 1. The van der Waals surface area contributed by atoms with Crippen molar-refractivity contribution in [2.45, 2.75) is 0 Å². The number of anilines is 1. The van der Waals surface area contributed by atoms with Gasteiger partial charge in [-0.05, 0) is 36.4 Å². The fraction of sp³-hybridized carbons (Fsp3) is 0.0588. The van der Waals surface area contributed by atoms with Crippen molar-refractivity contribution in [2.24, 2.45) is 0 Å². The van der Waals surface area contributed by atoms with Crippen LogP contribution in [0.4, 0.5) is 10.1 Å². The van der Waals surface area contributed by atoms with Gasteiger partial charge in [0.2, 0.25) is 5.91 Å². The quantitative estimate of drug-likeness (QED) is 0.696. The number of carbonyl (C=O) groups excluding carboxylic acids is 2.